The van der Waals surface area contributed by atoms with Crippen LogP contribution < -0.4 is 0 Å². The summed E-state index contributed by atoms with van der Waals surface area (Å²) >= 11 is 0. The van der Waals surface area contributed by atoms with Crippen LogP contribution in [0.2, 0.25) is 0 Å². The third-order valence-electron chi connectivity index (χ3n) is 8.35. The fraction of sp³-hybridized carbons (Fsp3) is 0.500. The van der Waals surface area contributed by atoms with E-state index in [4.69, 9.17) is 19.4 Å². The third kappa shape index (κ3) is 6.50. The Labute approximate surface area is 221 Å². The summed E-state index contributed by atoms with van der Waals surface area (Å²) in [6.07, 6.45) is 10.8. The normalized spacial score (nSPS) is 21.9. The monoisotopic (exact) mass is 497 g/mol. The average molecular weight is 498 g/mol. The predicted molar refractivity (Wildman–Crippen MR) is 145 cm³/mol. The van der Waals surface area contributed by atoms with Crippen LogP contribution in [0, 0.1) is 23.2 Å². The first-order valence-electron chi connectivity index (χ1n) is 14.1. The van der Waals surface area contributed by atoms with Crippen molar-refractivity contribution in [2.24, 2.45) is 11.8 Å². The Morgan fingerprint density at radius 2 is 1.84 bits per heavy atom. The lowest BCUT2D eigenvalue weighted by Crippen LogP contribution is -2.44. The lowest BCUT2D eigenvalue weighted by molar-refractivity contribution is -0.0504. The molecule has 0 bridgehead atoms. The predicted octanol–water partition coefficient (Wildman–Crippen LogP) is 7.08. The Balaban J connectivity index is 1.24. The van der Waals surface area contributed by atoms with Crippen molar-refractivity contribution in [1.82, 2.24) is 9.88 Å². The summed E-state index contributed by atoms with van der Waals surface area (Å²) in [6.45, 7) is 5.56. The zero-order valence-electron chi connectivity index (χ0n) is 22.0. The van der Waals surface area contributed by atoms with Crippen LogP contribution in [0.3, 0.4) is 0 Å². The van der Waals surface area contributed by atoms with Gasteiger partial charge in [-0.2, -0.15) is 5.26 Å². The van der Waals surface area contributed by atoms with E-state index in [-0.39, 0.29) is 12.0 Å². The van der Waals surface area contributed by atoms with Crippen LogP contribution in [0.5, 0.6) is 0 Å². The van der Waals surface area contributed by atoms with E-state index in [0.717, 1.165) is 49.7 Å². The van der Waals surface area contributed by atoms with Gasteiger partial charge in [0.1, 0.15) is 5.76 Å². The highest BCUT2D eigenvalue weighted by Gasteiger charge is 2.32. The van der Waals surface area contributed by atoms with E-state index in [0.29, 0.717) is 24.0 Å². The molecule has 0 N–H and O–H groups in total. The highest BCUT2D eigenvalue weighted by Crippen LogP contribution is 2.40. The summed E-state index contributed by atoms with van der Waals surface area (Å²) in [4.78, 5) is 7.28. The minimum absolute atomic E-state index is 0.191. The molecule has 2 fully saturated rings. The molecule has 3 aromatic rings. The summed E-state index contributed by atoms with van der Waals surface area (Å²) in [5, 5.41) is 9.04. The molecular formula is C32H39N3O2. The van der Waals surface area contributed by atoms with Crippen molar-refractivity contribution in [2.45, 2.75) is 77.0 Å². The molecule has 2 aliphatic rings. The number of ether oxygens (including phenoxy) is 1. The smallest absolute Gasteiger partial charge is 0.202 e. The van der Waals surface area contributed by atoms with Crippen molar-refractivity contribution in [3.8, 4) is 6.07 Å². The summed E-state index contributed by atoms with van der Waals surface area (Å²) in [7, 11) is 0. The van der Waals surface area contributed by atoms with Crippen LogP contribution in [0.25, 0.3) is 0 Å². The number of benzene rings is 2. The molecule has 1 saturated carbocycles. The molecule has 1 saturated heterocycles. The van der Waals surface area contributed by atoms with E-state index in [2.05, 4.69) is 48.2 Å². The molecule has 0 spiro atoms. The fourth-order valence-corrected chi connectivity index (χ4v) is 6.21. The number of nitriles is 1. The van der Waals surface area contributed by atoms with Gasteiger partial charge in [0.05, 0.1) is 43.0 Å². The molecule has 0 radical (unpaired) electrons. The highest BCUT2D eigenvalue weighted by atomic mass is 16.5. The van der Waals surface area contributed by atoms with Crippen LogP contribution in [-0.2, 0) is 17.9 Å². The van der Waals surface area contributed by atoms with Crippen LogP contribution in [-0.4, -0.2) is 29.1 Å². The molecule has 1 aliphatic heterocycles. The molecule has 5 rings (SSSR count). The molecule has 1 aliphatic carbocycles. The second-order valence-corrected chi connectivity index (χ2v) is 10.8. The van der Waals surface area contributed by atoms with E-state index in [1.807, 2.05) is 30.5 Å². The maximum Gasteiger partial charge on any atom is 0.202 e. The van der Waals surface area contributed by atoms with Gasteiger partial charge in [-0.25, -0.2) is 4.98 Å². The number of aromatic nitrogens is 1. The maximum absolute atomic E-state index is 9.04. The van der Waals surface area contributed by atoms with Gasteiger partial charge in [-0.15, -0.1) is 0 Å². The standard InChI is InChI=1S/C32H39N3O2/c1-2-26-17-18-35(22-30(26)36-23-25-15-13-24(19-33)14-16-25)21-29-20-34-32(37-29)31(27-9-5-3-6-10-27)28-11-7-4-8-12-28/h3,5-6,9-10,13-16,20,26,28,30-31H,2,4,7-8,11-12,17-18,21-23H2,1H3. The van der Waals surface area contributed by atoms with E-state index in [1.54, 1.807) is 0 Å². The fourth-order valence-electron chi connectivity index (χ4n) is 6.21. The van der Waals surface area contributed by atoms with Gasteiger partial charge >= 0.3 is 0 Å². The van der Waals surface area contributed by atoms with Gasteiger partial charge in [-0.05, 0) is 60.9 Å². The SMILES string of the molecule is CCC1CCN(Cc2cnc(C(c3ccccc3)C3CCCCC3)o2)CC1OCc1ccc(C#N)cc1. The maximum atomic E-state index is 9.04. The van der Waals surface area contributed by atoms with E-state index >= 15 is 0 Å². The third-order valence-corrected chi connectivity index (χ3v) is 8.35. The van der Waals surface area contributed by atoms with Crippen molar-refractivity contribution in [1.29, 1.82) is 5.26 Å². The molecule has 3 atom stereocenters. The number of likely N-dealkylation sites (tertiary alicyclic amines) is 1. The Bertz CT molecular complexity index is 1140. The molecule has 194 valence electrons. The molecule has 2 heterocycles. The summed E-state index contributed by atoms with van der Waals surface area (Å²) in [6, 6.07) is 20.7. The second kappa shape index (κ2) is 12.5. The Kier molecular flexibility index (Phi) is 8.71. The van der Waals surface area contributed by atoms with Crippen LogP contribution >= 0.6 is 0 Å². The Morgan fingerprint density at radius 3 is 2.57 bits per heavy atom. The van der Waals surface area contributed by atoms with Gasteiger partial charge in [0.15, 0.2) is 0 Å². The summed E-state index contributed by atoms with van der Waals surface area (Å²) in [5.41, 5.74) is 3.12. The van der Waals surface area contributed by atoms with Crippen molar-refractivity contribution >= 4 is 0 Å². The van der Waals surface area contributed by atoms with Crippen molar-refractivity contribution < 1.29 is 9.15 Å². The van der Waals surface area contributed by atoms with Gasteiger partial charge in [0.2, 0.25) is 5.89 Å². The van der Waals surface area contributed by atoms with Gasteiger partial charge in [-0.1, -0.05) is 75.1 Å². The zero-order valence-corrected chi connectivity index (χ0v) is 22.0. The molecule has 0 amide bonds. The average Bonchev–Trinajstić information content (AvgIpc) is 3.41. The quantitative estimate of drug-likeness (QED) is 0.316. The largest absolute Gasteiger partial charge is 0.444 e. The topological polar surface area (TPSA) is 62.3 Å². The van der Waals surface area contributed by atoms with E-state index in [9.17, 15) is 0 Å². The lowest BCUT2D eigenvalue weighted by Gasteiger charge is -2.37. The van der Waals surface area contributed by atoms with Crippen LogP contribution in [0.4, 0.5) is 0 Å². The van der Waals surface area contributed by atoms with Crippen molar-refractivity contribution in [3.05, 3.63) is 89.1 Å². The van der Waals surface area contributed by atoms with E-state index < -0.39 is 0 Å². The molecule has 37 heavy (non-hydrogen) atoms. The molecule has 5 nitrogen and oxygen atoms in total. The first-order valence-corrected chi connectivity index (χ1v) is 14.1. The minimum atomic E-state index is 0.191. The van der Waals surface area contributed by atoms with Crippen molar-refractivity contribution in [2.75, 3.05) is 13.1 Å². The molecule has 2 aromatic carbocycles. The number of oxazole rings is 1. The number of hydrogen-bond acceptors (Lipinski definition) is 5. The Hall–Kier alpha value is -2.94. The van der Waals surface area contributed by atoms with E-state index in [1.165, 1.54) is 37.7 Å². The molecule has 3 unspecified atom stereocenters. The molecule has 5 heteroatoms. The van der Waals surface area contributed by atoms with Gasteiger partial charge in [-0.3, -0.25) is 4.90 Å². The van der Waals surface area contributed by atoms with Gasteiger partial charge in [0.25, 0.3) is 0 Å². The second-order valence-electron chi connectivity index (χ2n) is 10.8. The number of piperidine rings is 1. The summed E-state index contributed by atoms with van der Waals surface area (Å²) < 4.78 is 12.9. The first kappa shape index (κ1) is 25.7. The minimum Gasteiger partial charge on any atom is -0.444 e. The van der Waals surface area contributed by atoms with Crippen LogP contribution in [0.15, 0.2) is 65.2 Å². The number of hydrogen-bond donors (Lipinski definition) is 0. The molecular weight excluding hydrogens is 458 g/mol. The molecule has 1 aromatic heterocycles. The van der Waals surface area contributed by atoms with Crippen LogP contribution in [0.1, 0.15) is 86.1 Å². The lowest BCUT2D eigenvalue weighted by atomic mass is 9.77. The highest BCUT2D eigenvalue weighted by molar-refractivity contribution is 5.31. The number of nitrogens with zero attached hydrogens (tertiary/aromatic N) is 3. The van der Waals surface area contributed by atoms with Crippen molar-refractivity contribution in [3.63, 3.8) is 0 Å². The zero-order chi connectivity index (χ0) is 25.5. The Morgan fingerprint density at radius 1 is 1.05 bits per heavy atom. The summed E-state index contributed by atoms with van der Waals surface area (Å²) in [5.74, 6) is 3.24. The van der Waals surface area contributed by atoms with Gasteiger partial charge in [0, 0.05) is 6.54 Å². The van der Waals surface area contributed by atoms with Gasteiger partial charge < -0.3 is 9.15 Å². The first-order chi connectivity index (χ1) is 18.2. The number of rotatable bonds is 9.